The van der Waals surface area contributed by atoms with E-state index in [0.29, 0.717) is 51.1 Å². The average Bonchev–Trinajstić information content (AvgIpc) is 3.05. The summed E-state index contributed by atoms with van der Waals surface area (Å²) in [5.74, 6) is 3.20. The number of carbonyl (C=O) groups excluding carboxylic acids is 3. The van der Waals surface area contributed by atoms with Crippen molar-refractivity contribution in [2.75, 3.05) is 33.7 Å². The van der Waals surface area contributed by atoms with Gasteiger partial charge in [0.15, 0.2) is 0 Å². The van der Waals surface area contributed by atoms with Gasteiger partial charge in [-0.15, -0.1) is 24.7 Å². The fourth-order valence-electron chi connectivity index (χ4n) is 5.91. The van der Waals surface area contributed by atoms with Gasteiger partial charge in [-0.3, -0.25) is 14.4 Å². The predicted octanol–water partition coefficient (Wildman–Crippen LogP) is 2.65. The highest BCUT2D eigenvalue weighted by Crippen LogP contribution is 2.29. The Morgan fingerprint density at radius 1 is 1.02 bits per heavy atom. The van der Waals surface area contributed by atoms with Crippen molar-refractivity contribution in [2.24, 2.45) is 17.8 Å². The van der Waals surface area contributed by atoms with Crippen LogP contribution in [0.1, 0.15) is 76.2 Å². The molecule has 5 N–H and O–H groups in total. The van der Waals surface area contributed by atoms with Gasteiger partial charge in [0.05, 0.1) is 30.1 Å². The minimum absolute atomic E-state index is 0.0130. The Morgan fingerprint density at radius 2 is 1.73 bits per heavy atom. The number of likely N-dealkylation sites (N-methyl/N-ethyl adjacent to an activating group) is 2. The van der Waals surface area contributed by atoms with Crippen molar-refractivity contribution in [1.82, 2.24) is 20.9 Å². The Labute approximate surface area is 270 Å². The van der Waals surface area contributed by atoms with E-state index in [1.54, 1.807) is 11.9 Å². The van der Waals surface area contributed by atoms with E-state index in [4.69, 9.17) is 12.8 Å². The van der Waals surface area contributed by atoms with E-state index in [-0.39, 0.29) is 37.1 Å². The number of benzene rings is 1. The van der Waals surface area contributed by atoms with Crippen LogP contribution in [0.15, 0.2) is 30.3 Å². The molecule has 0 saturated heterocycles. The fourth-order valence-corrected chi connectivity index (χ4v) is 5.91. The average molecular weight is 623 g/mol. The highest BCUT2D eigenvalue weighted by molar-refractivity contribution is 5.86. The van der Waals surface area contributed by atoms with Crippen molar-refractivity contribution in [3.05, 3.63) is 35.9 Å². The summed E-state index contributed by atoms with van der Waals surface area (Å²) in [4.78, 5) is 41.6. The van der Waals surface area contributed by atoms with Gasteiger partial charge in [-0.2, -0.15) is 0 Å². The van der Waals surface area contributed by atoms with Crippen LogP contribution in [0.2, 0.25) is 0 Å². The number of nitrogens with one attached hydrogen (secondary N) is 3. The summed E-state index contributed by atoms with van der Waals surface area (Å²) < 4.78 is 0. The van der Waals surface area contributed by atoms with Gasteiger partial charge in [0, 0.05) is 45.9 Å². The molecule has 1 aromatic carbocycles. The largest absolute Gasteiger partial charge is 0.390 e. The van der Waals surface area contributed by atoms with Gasteiger partial charge in [0.2, 0.25) is 17.7 Å². The molecule has 1 fully saturated rings. The molecule has 0 heterocycles. The van der Waals surface area contributed by atoms with Crippen LogP contribution in [-0.4, -0.2) is 84.8 Å². The Balaban J connectivity index is 2.13. The van der Waals surface area contributed by atoms with E-state index in [0.717, 1.165) is 31.2 Å². The second-order valence-corrected chi connectivity index (χ2v) is 12.4. The number of aliphatic hydroxyl groups excluding tert-OH is 2. The van der Waals surface area contributed by atoms with Crippen LogP contribution in [0.25, 0.3) is 0 Å². The molecule has 1 saturated carbocycles. The molecule has 0 radical (unpaired) electrons. The van der Waals surface area contributed by atoms with Crippen LogP contribution < -0.4 is 16.0 Å². The lowest BCUT2D eigenvalue weighted by Crippen LogP contribution is -2.52. The molecule has 1 aliphatic rings. The van der Waals surface area contributed by atoms with Crippen molar-refractivity contribution in [1.29, 1.82) is 0 Å². The Hall–Kier alpha value is -3.37. The number of carbonyl (C=O) groups is 3. The predicted molar refractivity (Wildman–Crippen MR) is 178 cm³/mol. The second kappa shape index (κ2) is 21.4. The molecule has 248 valence electrons. The summed E-state index contributed by atoms with van der Waals surface area (Å²) in [6.45, 7) is 1.14. The number of amides is 3. The topological polar surface area (TPSA) is 131 Å². The highest BCUT2D eigenvalue weighted by Gasteiger charge is 2.33. The number of nitrogens with zero attached hydrogens (tertiary/aromatic N) is 1. The first-order chi connectivity index (χ1) is 21.7. The van der Waals surface area contributed by atoms with E-state index < -0.39 is 30.1 Å². The van der Waals surface area contributed by atoms with Gasteiger partial charge < -0.3 is 31.1 Å². The summed E-state index contributed by atoms with van der Waals surface area (Å²) in [5, 5.41) is 30.7. The first kappa shape index (κ1) is 37.8. The number of hydrogen-bond acceptors (Lipinski definition) is 6. The molecule has 2 rings (SSSR count). The molecule has 0 unspecified atom stereocenters. The number of aliphatic hydroxyl groups is 2. The van der Waals surface area contributed by atoms with Gasteiger partial charge >= 0.3 is 0 Å². The summed E-state index contributed by atoms with van der Waals surface area (Å²) in [7, 11) is 3.53. The van der Waals surface area contributed by atoms with Crippen LogP contribution >= 0.6 is 0 Å². The number of rotatable bonds is 20. The summed E-state index contributed by atoms with van der Waals surface area (Å²) >= 11 is 0. The zero-order valence-corrected chi connectivity index (χ0v) is 27.2. The smallest absolute Gasteiger partial charge is 0.226 e. The van der Waals surface area contributed by atoms with Crippen molar-refractivity contribution in [2.45, 2.75) is 95.3 Å². The SMILES string of the molecule is C#CCCC[C@H](O)[C@H](O)[C@H](CC1CCCCC1)NC(=O)[C@H](CC#C)CNC(=O)[C@@H](CC(=O)N(C)CCNC)Cc1ccccc1. The zero-order valence-electron chi connectivity index (χ0n) is 27.2. The molecule has 1 aromatic rings. The van der Waals surface area contributed by atoms with E-state index in [1.807, 2.05) is 37.4 Å². The van der Waals surface area contributed by atoms with E-state index in [2.05, 4.69) is 27.8 Å². The molecule has 1 aliphatic carbocycles. The van der Waals surface area contributed by atoms with Crippen LogP contribution in [0.5, 0.6) is 0 Å². The first-order valence-electron chi connectivity index (χ1n) is 16.4. The molecule has 45 heavy (non-hydrogen) atoms. The van der Waals surface area contributed by atoms with Crippen LogP contribution in [0, 0.1) is 42.4 Å². The third kappa shape index (κ3) is 14.1. The van der Waals surface area contributed by atoms with Crippen molar-refractivity contribution in [3.63, 3.8) is 0 Å². The standard InChI is InChI=1S/C36H54N4O5/c1-5-7-10-20-32(41)34(43)31(24-28-18-13-9-14-19-28)39-36(45)29(15-6-2)26-38-35(44)30(23-27-16-11-8-12-17-27)25-33(42)40(4)22-21-37-3/h1-2,8,11-12,16-17,28-32,34,37,41,43H,7,9-10,13-15,18-26H2,3-4H3,(H,38,44)(H,39,45)/t29-,30-,31+,32+,34-/m1/s1. The minimum atomic E-state index is -1.16. The molecule has 0 aromatic heterocycles. The Kier molecular flexibility index (Phi) is 18.0. The lowest BCUT2D eigenvalue weighted by atomic mass is 9.82. The third-order valence-corrected chi connectivity index (χ3v) is 8.76. The molecule has 5 atom stereocenters. The van der Waals surface area contributed by atoms with E-state index >= 15 is 0 Å². The van der Waals surface area contributed by atoms with Gasteiger partial charge in [0.25, 0.3) is 0 Å². The molecular weight excluding hydrogens is 568 g/mol. The molecule has 3 amide bonds. The van der Waals surface area contributed by atoms with Crippen LogP contribution in [-0.2, 0) is 20.8 Å². The molecular formula is C36H54N4O5. The van der Waals surface area contributed by atoms with Gasteiger partial charge in [-0.25, -0.2) is 0 Å². The Morgan fingerprint density at radius 3 is 2.38 bits per heavy atom. The maximum atomic E-state index is 13.6. The lowest BCUT2D eigenvalue weighted by molar-refractivity contribution is -0.135. The quantitative estimate of drug-likeness (QED) is 0.112. The molecule has 0 aliphatic heterocycles. The van der Waals surface area contributed by atoms with Crippen LogP contribution in [0.3, 0.4) is 0 Å². The van der Waals surface area contributed by atoms with Crippen LogP contribution in [0.4, 0.5) is 0 Å². The molecule has 9 nitrogen and oxygen atoms in total. The summed E-state index contributed by atoms with van der Waals surface area (Å²) in [6, 6.07) is 8.86. The minimum Gasteiger partial charge on any atom is -0.390 e. The number of unbranched alkanes of at least 4 members (excludes halogenated alkanes) is 1. The number of terminal acetylenes is 2. The monoisotopic (exact) mass is 622 g/mol. The molecule has 0 bridgehead atoms. The highest BCUT2D eigenvalue weighted by atomic mass is 16.3. The van der Waals surface area contributed by atoms with Crippen molar-refractivity contribution < 1.29 is 24.6 Å². The van der Waals surface area contributed by atoms with Gasteiger partial charge in [-0.1, -0.05) is 62.4 Å². The van der Waals surface area contributed by atoms with Gasteiger partial charge in [-0.05, 0) is 44.2 Å². The summed E-state index contributed by atoms with van der Waals surface area (Å²) in [5.41, 5.74) is 0.932. The van der Waals surface area contributed by atoms with Crippen molar-refractivity contribution in [3.8, 4) is 24.7 Å². The molecule has 0 spiro atoms. The van der Waals surface area contributed by atoms with Gasteiger partial charge in [0.1, 0.15) is 0 Å². The second-order valence-electron chi connectivity index (χ2n) is 12.4. The Bertz CT molecular complexity index is 1110. The summed E-state index contributed by atoms with van der Waals surface area (Å²) in [6.07, 6.45) is 16.6. The van der Waals surface area contributed by atoms with E-state index in [1.165, 1.54) is 6.42 Å². The zero-order chi connectivity index (χ0) is 33.0. The number of hydrogen-bond donors (Lipinski definition) is 5. The maximum absolute atomic E-state index is 13.6. The maximum Gasteiger partial charge on any atom is 0.226 e. The van der Waals surface area contributed by atoms with Crippen molar-refractivity contribution >= 4 is 17.7 Å². The molecule has 9 heteroatoms. The fraction of sp³-hybridized carbons (Fsp3) is 0.639. The first-order valence-corrected chi connectivity index (χ1v) is 16.4. The lowest BCUT2D eigenvalue weighted by Gasteiger charge is -2.33. The third-order valence-electron chi connectivity index (χ3n) is 8.76. The normalized spacial score (nSPS) is 16.7. The van der Waals surface area contributed by atoms with E-state index in [9.17, 15) is 24.6 Å².